The zero-order chi connectivity index (χ0) is 15.1. The predicted molar refractivity (Wildman–Crippen MR) is 102 cm³/mol. The normalized spacial score (nSPS) is 15.2. The Morgan fingerprint density at radius 1 is 1.22 bits per heavy atom. The summed E-state index contributed by atoms with van der Waals surface area (Å²) in [5.41, 5.74) is 6.77. The molecule has 132 valence electrons. The van der Waals surface area contributed by atoms with Crippen LogP contribution in [0.15, 0.2) is 30.3 Å². The molecule has 6 heteroatoms. The van der Waals surface area contributed by atoms with Crippen molar-refractivity contribution < 1.29 is 4.79 Å². The van der Waals surface area contributed by atoms with E-state index in [0.717, 1.165) is 45.2 Å². The van der Waals surface area contributed by atoms with Gasteiger partial charge in [-0.3, -0.25) is 4.79 Å². The van der Waals surface area contributed by atoms with Gasteiger partial charge in [0.15, 0.2) is 0 Å². The van der Waals surface area contributed by atoms with Crippen LogP contribution in [0.3, 0.4) is 0 Å². The Balaban J connectivity index is 0.00000242. The van der Waals surface area contributed by atoms with E-state index in [-0.39, 0.29) is 30.7 Å². The Labute approximate surface area is 152 Å². The maximum atomic E-state index is 12.1. The maximum absolute atomic E-state index is 12.1. The highest BCUT2D eigenvalue weighted by atomic mass is 35.5. The van der Waals surface area contributed by atoms with Gasteiger partial charge in [0.1, 0.15) is 0 Å². The summed E-state index contributed by atoms with van der Waals surface area (Å²) in [6.07, 6.45) is 4.72. The van der Waals surface area contributed by atoms with Crippen molar-refractivity contribution >= 4 is 36.4 Å². The van der Waals surface area contributed by atoms with E-state index in [2.05, 4.69) is 41.4 Å². The van der Waals surface area contributed by atoms with E-state index in [4.69, 9.17) is 5.73 Å². The highest BCUT2D eigenvalue weighted by Crippen LogP contribution is 2.27. The molecule has 3 N–H and O–H groups in total. The van der Waals surface area contributed by atoms with E-state index in [9.17, 15) is 4.79 Å². The fourth-order valence-corrected chi connectivity index (χ4v) is 2.99. The summed E-state index contributed by atoms with van der Waals surface area (Å²) in [6, 6.07) is 10.4. The van der Waals surface area contributed by atoms with Gasteiger partial charge >= 0.3 is 0 Å². The van der Waals surface area contributed by atoms with E-state index >= 15 is 0 Å². The summed E-state index contributed by atoms with van der Waals surface area (Å²) >= 11 is 0. The molecule has 23 heavy (non-hydrogen) atoms. The molecule has 0 saturated heterocycles. The summed E-state index contributed by atoms with van der Waals surface area (Å²) in [6.45, 7) is 4.76. The van der Waals surface area contributed by atoms with Crippen LogP contribution in [0.25, 0.3) is 0 Å². The number of benzene rings is 1. The first kappa shape index (κ1) is 22.0. The van der Waals surface area contributed by atoms with Crippen LogP contribution in [0, 0.1) is 0 Å². The topological polar surface area (TPSA) is 58.4 Å². The van der Waals surface area contributed by atoms with Crippen LogP contribution in [0.1, 0.15) is 39.0 Å². The fraction of sp³-hybridized carbons (Fsp3) is 0.588. The minimum absolute atomic E-state index is 0. The highest BCUT2D eigenvalue weighted by molar-refractivity contribution is 5.86. The number of hydrogen-bond donors (Lipinski definition) is 2. The molecule has 0 aliphatic heterocycles. The van der Waals surface area contributed by atoms with Crippen molar-refractivity contribution in [3.05, 3.63) is 30.3 Å². The molecule has 2 rings (SSSR count). The van der Waals surface area contributed by atoms with Gasteiger partial charge < -0.3 is 16.0 Å². The van der Waals surface area contributed by atoms with Crippen LogP contribution < -0.4 is 16.0 Å². The molecule has 0 atom stereocenters. The zero-order valence-electron chi connectivity index (χ0n) is 13.8. The largest absolute Gasteiger partial charge is 0.372 e. The summed E-state index contributed by atoms with van der Waals surface area (Å²) < 4.78 is 0. The molecule has 1 saturated carbocycles. The van der Waals surface area contributed by atoms with Crippen molar-refractivity contribution in [2.24, 2.45) is 5.73 Å². The Hall–Kier alpha value is -0.970. The molecule has 0 heterocycles. The molecule has 1 amide bonds. The molecular formula is C17H29Cl2N3O. The lowest BCUT2D eigenvalue weighted by Gasteiger charge is -2.25. The number of amides is 1. The first-order valence-corrected chi connectivity index (χ1v) is 8.03. The molecule has 1 aromatic rings. The number of carbonyl (C=O) groups is 1. The van der Waals surface area contributed by atoms with Gasteiger partial charge in [0.05, 0.1) is 5.54 Å². The van der Waals surface area contributed by atoms with Crippen LogP contribution >= 0.6 is 24.8 Å². The van der Waals surface area contributed by atoms with Crippen molar-refractivity contribution in [2.75, 3.05) is 24.5 Å². The minimum atomic E-state index is -0.607. The van der Waals surface area contributed by atoms with Crippen molar-refractivity contribution in [3.8, 4) is 0 Å². The Kier molecular flexibility index (Phi) is 10.3. The number of anilines is 1. The van der Waals surface area contributed by atoms with Crippen molar-refractivity contribution in [1.82, 2.24) is 5.32 Å². The second kappa shape index (κ2) is 10.7. The standard InChI is InChI=1S/C17H27N3O.2ClH/c1-2-20(15-9-4-3-5-10-15)14-8-13-19-16(21)17(18)11-6-7-12-17;;/h3-5,9-10H,2,6-8,11-14,18H2,1H3,(H,19,21);2*1H. The lowest BCUT2D eigenvalue weighted by Crippen LogP contribution is -2.52. The summed E-state index contributed by atoms with van der Waals surface area (Å²) in [5.74, 6) is 0.0303. The van der Waals surface area contributed by atoms with Gasteiger partial charge in [-0.1, -0.05) is 31.0 Å². The first-order chi connectivity index (χ1) is 10.2. The van der Waals surface area contributed by atoms with Crippen LogP contribution in [0.4, 0.5) is 5.69 Å². The summed E-state index contributed by atoms with van der Waals surface area (Å²) in [4.78, 5) is 14.4. The van der Waals surface area contributed by atoms with Crippen molar-refractivity contribution in [1.29, 1.82) is 0 Å². The third-order valence-corrected chi connectivity index (χ3v) is 4.34. The lowest BCUT2D eigenvalue weighted by molar-refractivity contribution is -0.126. The van der Waals surface area contributed by atoms with Gasteiger partial charge in [0.25, 0.3) is 0 Å². The van der Waals surface area contributed by atoms with Crippen LogP contribution in [0.2, 0.25) is 0 Å². The molecule has 0 spiro atoms. The van der Waals surface area contributed by atoms with Crippen molar-refractivity contribution in [3.63, 3.8) is 0 Å². The summed E-state index contributed by atoms with van der Waals surface area (Å²) in [7, 11) is 0. The smallest absolute Gasteiger partial charge is 0.240 e. The molecule has 0 bridgehead atoms. The number of para-hydroxylation sites is 1. The van der Waals surface area contributed by atoms with Gasteiger partial charge in [-0.15, -0.1) is 24.8 Å². The number of carbonyl (C=O) groups excluding carboxylic acids is 1. The first-order valence-electron chi connectivity index (χ1n) is 8.03. The second-order valence-corrected chi connectivity index (χ2v) is 5.89. The Morgan fingerprint density at radius 2 is 1.83 bits per heavy atom. The number of nitrogens with one attached hydrogen (secondary N) is 1. The Bertz CT molecular complexity index is 450. The number of rotatable bonds is 7. The molecule has 1 aliphatic carbocycles. The molecular weight excluding hydrogens is 333 g/mol. The highest BCUT2D eigenvalue weighted by Gasteiger charge is 2.36. The average molecular weight is 362 g/mol. The Morgan fingerprint density at radius 3 is 2.39 bits per heavy atom. The predicted octanol–water partition coefficient (Wildman–Crippen LogP) is 3.13. The molecule has 4 nitrogen and oxygen atoms in total. The van der Waals surface area contributed by atoms with Gasteiger partial charge in [-0.2, -0.15) is 0 Å². The van der Waals surface area contributed by atoms with Gasteiger partial charge in [0.2, 0.25) is 5.91 Å². The SMILES string of the molecule is CCN(CCCNC(=O)C1(N)CCCC1)c1ccccc1.Cl.Cl. The molecule has 0 unspecified atom stereocenters. The molecule has 1 fully saturated rings. The average Bonchev–Trinajstić information content (AvgIpc) is 2.96. The molecule has 1 aromatic carbocycles. The van der Waals surface area contributed by atoms with Gasteiger partial charge in [0, 0.05) is 25.3 Å². The minimum Gasteiger partial charge on any atom is -0.372 e. The van der Waals surface area contributed by atoms with Crippen LogP contribution in [-0.4, -0.2) is 31.1 Å². The van der Waals surface area contributed by atoms with Gasteiger partial charge in [-0.25, -0.2) is 0 Å². The molecule has 0 radical (unpaired) electrons. The van der Waals surface area contributed by atoms with E-state index in [1.54, 1.807) is 0 Å². The van der Waals surface area contributed by atoms with E-state index in [1.807, 2.05) is 6.07 Å². The number of halogens is 2. The van der Waals surface area contributed by atoms with Crippen LogP contribution in [0.5, 0.6) is 0 Å². The maximum Gasteiger partial charge on any atom is 0.240 e. The second-order valence-electron chi connectivity index (χ2n) is 5.89. The van der Waals surface area contributed by atoms with E-state index in [0.29, 0.717) is 6.54 Å². The van der Waals surface area contributed by atoms with E-state index in [1.165, 1.54) is 5.69 Å². The molecule has 0 aromatic heterocycles. The number of nitrogens with zero attached hydrogens (tertiary/aromatic N) is 1. The fourth-order valence-electron chi connectivity index (χ4n) is 2.99. The summed E-state index contributed by atoms with van der Waals surface area (Å²) in [5, 5.41) is 3.01. The lowest BCUT2D eigenvalue weighted by atomic mass is 9.98. The number of hydrogen-bond acceptors (Lipinski definition) is 3. The van der Waals surface area contributed by atoms with Gasteiger partial charge in [-0.05, 0) is 38.3 Å². The van der Waals surface area contributed by atoms with Crippen LogP contribution in [-0.2, 0) is 4.79 Å². The van der Waals surface area contributed by atoms with Crippen molar-refractivity contribution in [2.45, 2.75) is 44.6 Å². The van der Waals surface area contributed by atoms with E-state index < -0.39 is 5.54 Å². The quantitative estimate of drug-likeness (QED) is 0.733. The third-order valence-electron chi connectivity index (χ3n) is 4.34. The third kappa shape index (κ3) is 6.21. The number of nitrogens with two attached hydrogens (primary N) is 1. The monoisotopic (exact) mass is 361 g/mol. The molecule has 1 aliphatic rings. The zero-order valence-corrected chi connectivity index (χ0v) is 15.4.